The van der Waals surface area contributed by atoms with Gasteiger partial charge in [0, 0.05) is 5.38 Å². The fraction of sp³-hybridized carbons (Fsp3) is 0.300. The molecular weight excluding hydrogens is 320 g/mol. The molecule has 0 unspecified atom stereocenters. The highest BCUT2D eigenvalue weighted by molar-refractivity contribution is 9.10. The second kappa shape index (κ2) is 6.07. The van der Waals surface area contributed by atoms with E-state index in [1.54, 1.807) is 11.7 Å². The molecular formula is C10H11BrN4O2S. The van der Waals surface area contributed by atoms with Gasteiger partial charge in [0.2, 0.25) is 0 Å². The fourth-order valence-electron chi connectivity index (χ4n) is 1.35. The van der Waals surface area contributed by atoms with Crippen molar-refractivity contribution in [3.05, 3.63) is 37.6 Å². The van der Waals surface area contributed by atoms with E-state index in [1.165, 1.54) is 16.0 Å². The van der Waals surface area contributed by atoms with Gasteiger partial charge < -0.3 is 10.4 Å². The third-order valence-corrected chi connectivity index (χ3v) is 3.64. The van der Waals surface area contributed by atoms with Gasteiger partial charge in [-0.2, -0.15) is 5.10 Å². The monoisotopic (exact) mass is 330 g/mol. The van der Waals surface area contributed by atoms with Crippen molar-refractivity contribution in [1.82, 2.24) is 14.8 Å². The first kappa shape index (κ1) is 13.2. The van der Waals surface area contributed by atoms with Crippen LogP contribution in [0.5, 0.6) is 0 Å². The third-order valence-electron chi connectivity index (χ3n) is 2.24. The Balaban J connectivity index is 2.14. The minimum absolute atomic E-state index is 0.120. The molecule has 0 aliphatic rings. The Labute approximate surface area is 115 Å². The zero-order chi connectivity index (χ0) is 13.0. The summed E-state index contributed by atoms with van der Waals surface area (Å²) in [6, 6.07) is 0. The van der Waals surface area contributed by atoms with Crippen molar-refractivity contribution in [2.75, 3.05) is 11.9 Å². The molecule has 0 amide bonds. The Morgan fingerprint density at radius 3 is 3.06 bits per heavy atom. The quantitative estimate of drug-likeness (QED) is 0.857. The number of halogens is 1. The second-order valence-electron chi connectivity index (χ2n) is 3.46. The maximum atomic E-state index is 11.8. The van der Waals surface area contributed by atoms with Crippen molar-refractivity contribution in [3.8, 4) is 0 Å². The Kier molecular flexibility index (Phi) is 4.45. The number of aliphatic hydroxyl groups excluding tert-OH is 1. The van der Waals surface area contributed by atoms with Crippen molar-refractivity contribution in [2.45, 2.75) is 13.1 Å². The van der Waals surface area contributed by atoms with Gasteiger partial charge in [-0.15, -0.1) is 11.3 Å². The summed E-state index contributed by atoms with van der Waals surface area (Å²) in [5.74, 6) is 0. The van der Waals surface area contributed by atoms with E-state index in [0.29, 0.717) is 16.7 Å². The molecule has 0 saturated carbocycles. The Hall–Kier alpha value is -1.25. The number of hydrogen-bond donors (Lipinski definition) is 2. The van der Waals surface area contributed by atoms with E-state index in [0.717, 1.165) is 5.69 Å². The number of aliphatic hydroxyl groups is 1. The molecule has 0 aliphatic heterocycles. The zero-order valence-corrected chi connectivity index (χ0v) is 11.7. The summed E-state index contributed by atoms with van der Waals surface area (Å²) in [6.07, 6.45) is 1.55. The molecule has 96 valence electrons. The topological polar surface area (TPSA) is 80.0 Å². The lowest BCUT2D eigenvalue weighted by Crippen LogP contribution is -2.25. The van der Waals surface area contributed by atoms with E-state index in [4.69, 9.17) is 5.11 Å². The Morgan fingerprint density at radius 1 is 1.56 bits per heavy atom. The largest absolute Gasteiger partial charge is 0.394 e. The number of rotatable bonds is 5. The summed E-state index contributed by atoms with van der Waals surface area (Å²) >= 11 is 4.75. The van der Waals surface area contributed by atoms with Crippen molar-refractivity contribution < 1.29 is 5.11 Å². The summed E-state index contributed by atoms with van der Waals surface area (Å²) in [7, 11) is 0. The number of nitrogens with zero attached hydrogens (tertiary/aromatic N) is 3. The van der Waals surface area contributed by atoms with Gasteiger partial charge in [-0.25, -0.2) is 9.67 Å². The van der Waals surface area contributed by atoms with Gasteiger partial charge in [0.05, 0.1) is 42.8 Å². The molecule has 2 aromatic rings. The van der Waals surface area contributed by atoms with E-state index in [-0.39, 0.29) is 18.7 Å². The van der Waals surface area contributed by atoms with Gasteiger partial charge in [-0.3, -0.25) is 4.79 Å². The van der Waals surface area contributed by atoms with Crippen LogP contribution < -0.4 is 10.9 Å². The van der Waals surface area contributed by atoms with Gasteiger partial charge in [0.25, 0.3) is 5.56 Å². The number of hydrogen-bond acceptors (Lipinski definition) is 6. The first-order valence-electron chi connectivity index (χ1n) is 5.20. The van der Waals surface area contributed by atoms with Crippen molar-refractivity contribution in [3.63, 3.8) is 0 Å². The van der Waals surface area contributed by atoms with E-state index in [9.17, 15) is 4.79 Å². The maximum absolute atomic E-state index is 11.8. The number of thiazole rings is 1. The summed E-state index contributed by atoms with van der Waals surface area (Å²) in [6.45, 7) is 0.599. The van der Waals surface area contributed by atoms with Crippen LogP contribution in [0.3, 0.4) is 0 Å². The SMILES string of the molecule is O=c1c(Br)c(NCc2cscn2)cnn1CCO. The normalized spacial score (nSPS) is 10.6. The second-order valence-corrected chi connectivity index (χ2v) is 4.97. The van der Waals surface area contributed by atoms with Crippen LogP contribution in [0.15, 0.2) is 26.4 Å². The molecule has 0 atom stereocenters. The molecule has 2 rings (SSSR count). The van der Waals surface area contributed by atoms with Gasteiger partial charge >= 0.3 is 0 Å². The third kappa shape index (κ3) is 2.95. The molecule has 0 radical (unpaired) electrons. The van der Waals surface area contributed by atoms with Crippen LogP contribution >= 0.6 is 27.3 Å². The van der Waals surface area contributed by atoms with Gasteiger partial charge in [-0.1, -0.05) is 0 Å². The highest BCUT2D eigenvalue weighted by Crippen LogP contribution is 2.17. The molecule has 2 heterocycles. The lowest BCUT2D eigenvalue weighted by molar-refractivity contribution is 0.266. The van der Waals surface area contributed by atoms with Crippen LogP contribution in [0.25, 0.3) is 0 Å². The summed E-state index contributed by atoms with van der Waals surface area (Å²) in [4.78, 5) is 16.0. The van der Waals surface area contributed by atoms with Crippen molar-refractivity contribution >= 4 is 33.0 Å². The summed E-state index contributed by atoms with van der Waals surface area (Å²) in [5, 5.41) is 17.8. The van der Waals surface area contributed by atoms with Gasteiger partial charge in [-0.05, 0) is 15.9 Å². The lowest BCUT2D eigenvalue weighted by Gasteiger charge is -2.08. The molecule has 2 N–H and O–H groups in total. The summed E-state index contributed by atoms with van der Waals surface area (Å²) in [5.41, 5.74) is 3.00. The molecule has 0 bridgehead atoms. The molecule has 2 aromatic heterocycles. The van der Waals surface area contributed by atoms with Crippen molar-refractivity contribution in [1.29, 1.82) is 0 Å². The number of aromatic nitrogens is 3. The van der Waals surface area contributed by atoms with E-state index in [2.05, 4.69) is 31.3 Å². The maximum Gasteiger partial charge on any atom is 0.283 e. The lowest BCUT2D eigenvalue weighted by atomic mass is 10.4. The minimum atomic E-state index is -0.271. The van der Waals surface area contributed by atoms with Gasteiger partial charge in [0.1, 0.15) is 4.47 Å². The molecule has 18 heavy (non-hydrogen) atoms. The fourth-order valence-corrected chi connectivity index (χ4v) is 2.36. The first-order valence-corrected chi connectivity index (χ1v) is 6.93. The van der Waals surface area contributed by atoms with Crippen LogP contribution in [-0.4, -0.2) is 26.5 Å². The predicted molar refractivity (Wildman–Crippen MR) is 72.7 cm³/mol. The van der Waals surface area contributed by atoms with Gasteiger partial charge in [0.15, 0.2) is 0 Å². The molecule has 0 spiro atoms. The molecule has 6 nitrogen and oxygen atoms in total. The van der Waals surface area contributed by atoms with Crippen LogP contribution in [-0.2, 0) is 13.1 Å². The highest BCUT2D eigenvalue weighted by atomic mass is 79.9. The highest BCUT2D eigenvalue weighted by Gasteiger charge is 2.08. The molecule has 8 heteroatoms. The summed E-state index contributed by atoms with van der Waals surface area (Å²) < 4.78 is 1.61. The smallest absolute Gasteiger partial charge is 0.283 e. The average molecular weight is 331 g/mol. The van der Waals surface area contributed by atoms with E-state index < -0.39 is 0 Å². The Bertz CT molecular complexity index is 570. The minimum Gasteiger partial charge on any atom is -0.394 e. The van der Waals surface area contributed by atoms with Crippen LogP contribution in [0.1, 0.15) is 5.69 Å². The van der Waals surface area contributed by atoms with Crippen LogP contribution in [0.4, 0.5) is 5.69 Å². The number of anilines is 1. The predicted octanol–water partition coefficient (Wildman–Crippen LogP) is 1.07. The molecule has 0 aliphatic carbocycles. The molecule has 0 aromatic carbocycles. The molecule has 0 fully saturated rings. The van der Waals surface area contributed by atoms with E-state index in [1.807, 2.05) is 5.38 Å². The van der Waals surface area contributed by atoms with Crippen LogP contribution in [0.2, 0.25) is 0 Å². The van der Waals surface area contributed by atoms with Crippen LogP contribution in [0, 0.1) is 0 Å². The number of nitrogens with one attached hydrogen (secondary N) is 1. The first-order chi connectivity index (χ1) is 8.72. The van der Waals surface area contributed by atoms with Crippen molar-refractivity contribution in [2.24, 2.45) is 0 Å². The average Bonchev–Trinajstić information content (AvgIpc) is 2.87. The molecule has 0 saturated heterocycles. The zero-order valence-electron chi connectivity index (χ0n) is 9.34. The standard InChI is InChI=1S/C10H11BrN4O2S/c11-9-8(12-3-7-5-18-6-13-7)4-14-15(1-2-16)10(9)17/h4-6,12,16H,1-3H2. The Morgan fingerprint density at radius 2 is 2.39 bits per heavy atom. The van der Waals surface area contributed by atoms with E-state index >= 15 is 0 Å².